The van der Waals surface area contributed by atoms with Crippen molar-refractivity contribution in [3.63, 3.8) is 0 Å². The molecule has 0 aliphatic carbocycles. The number of hydrogen-bond acceptors (Lipinski definition) is 2. The van der Waals surface area contributed by atoms with Crippen LogP contribution < -0.4 is 10.2 Å². The van der Waals surface area contributed by atoms with Crippen LogP contribution in [0.15, 0.2) is 48.5 Å². The van der Waals surface area contributed by atoms with Crippen molar-refractivity contribution in [1.82, 2.24) is 9.55 Å². The van der Waals surface area contributed by atoms with Crippen molar-refractivity contribution in [2.75, 3.05) is 18.4 Å². The molecular weight excluding hydrogens is 324 g/mol. The minimum atomic E-state index is -0.0983. The number of amides is 1. The summed E-state index contributed by atoms with van der Waals surface area (Å²) in [6, 6.07) is 15.2. The number of aryl methyl sites for hydroxylation is 1. The van der Waals surface area contributed by atoms with Crippen molar-refractivity contribution in [1.29, 1.82) is 0 Å². The van der Waals surface area contributed by atoms with Crippen LogP contribution in [-0.2, 0) is 13.6 Å². The van der Waals surface area contributed by atoms with E-state index in [1.807, 2.05) is 48.5 Å². The van der Waals surface area contributed by atoms with Crippen molar-refractivity contribution >= 4 is 22.6 Å². The average Bonchev–Trinajstić information content (AvgIpc) is 2.98. The maximum atomic E-state index is 12.3. The smallest absolute Gasteiger partial charge is 0.255 e. The highest BCUT2D eigenvalue weighted by molar-refractivity contribution is 6.04. The van der Waals surface area contributed by atoms with Gasteiger partial charge in [0.1, 0.15) is 6.54 Å². The van der Waals surface area contributed by atoms with Gasteiger partial charge in [-0.1, -0.05) is 18.2 Å². The fourth-order valence-electron chi connectivity index (χ4n) is 3.73. The Morgan fingerprint density at radius 3 is 2.65 bits per heavy atom. The Kier molecular flexibility index (Phi) is 4.71. The lowest BCUT2D eigenvalue weighted by atomic mass is 10.1. The molecule has 0 unspecified atom stereocenters. The summed E-state index contributed by atoms with van der Waals surface area (Å²) in [4.78, 5) is 18.8. The molecule has 1 fully saturated rings. The van der Waals surface area contributed by atoms with Crippen molar-refractivity contribution in [3.05, 3.63) is 59.9 Å². The number of nitrogens with one attached hydrogen (secondary N) is 2. The van der Waals surface area contributed by atoms with Gasteiger partial charge in [0.15, 0.2) is 5.82 Å². The van der Waals surface area contributed by atoms with E-state index >= 15 is 0 Å². The Hall–Kier alpha value is -2.66. The number of piperidine rings is 1. The maximum absolute atomic E-state index is 12.3. The molecule has 3 aromatic rings. The van der Waals surface area contributed by atoms with Crippen molar-refractivity contribution in [3.8, 4) is 0 Å². The minimum Gasteiger partial charge on any atom is -0.329 e. The Bertz CT molecular complexity index is 910. The van der Waals surface area contributed by atoms with E-state index in [4.69, 9.17) is 4.98 Å². The molecule has 1 aliphatic heterocycles. The molecule has 2 heterocycles. The number of rotatable bonds is 4. The van der Waals surface area contributed by atoms with E-state index in [9.17, 15) is 4.79 Å². The summed E-state index contributed by atoms with van der Waals surface area (Å²) in [5, 5.41) is 2.97. The van der Waals surface area contributed by atoms with Gasteiger partial charge in [0.2, 0.25) is 0 Å². The molecule has 4 rings (SSSR count). The standard InChI is InChI=1S/C21H24N4O/c1-24-19-11-10-17(22-21(26)16-8-4-2-5-9-16)14-18(19)23-20(24)15-25-12-6-3-7-13-25/h2,4-5,8-11,14H,3,6-7,12-13,15H2,1H3,(H,22,26)/p+1. The molecule has 0 atom stereocenters. The van der Waals surface area contributed by atoms with Crippen LogP contribution in [0.4, 0.5) is 5.69 Å². The summed E-state index contributed by atoms with van der Waals surface area (Å²) >= 11 is 0. The molecule has 1 amide bonds. The number of nitrogens with zero attached hydrogens (tertiary/aromatic N) is 2. The van der Waals surface area contributed by atoms with Gasteiger partial charge >= 0.3 is 0 Å². The van der Waals surface area contributed by atoms with Crippen molar-refractivity contribution in [2.24, 2.45) is 7.05 Å². The molecular formula is C21H25N4O+. The van der Waals surface area contributed by atoms with E-state index in [1.54, 1.807) is 4.90 Å². The number of likely N-dealkylation sites (tertiary alicyclic amines) is 1. The van der Waals surface area contributed by atoms with E-state index in [-0.39, 0.29) is 5.91 Å². The monoisotopic (exact) mass is 349 g/mol. The van der Waals surface area contributed by atoms with Crippen LogP contribution in [0.5, 0.6) is 0 Å². The lowest BCUT2D eigenvalue weighted by molar-refractivity contribution is -0.919. The predicted octanol–water partition coefficient (Wildman–Crippen LogP) is 2.39. The van der Waals surface area contributed by atoms with Gasteiger partial charge in [-0.05, 0) is 49.6 Å². The van der Waals surface area contributed by atoms with Gasteiger partial charge in [-0.2, -0.15) is 0 Å². The summed E-state index contributed by atoms with van der Waals surface area (Å²) < 4.78 is 2.18. The molecule has 2 N–H and O–H groups in total. The summed E-state index contributed by atoms with van der Waals surface area (Å²) in [7, 11) is 2.08. The first-order chi connectivity index (χ1) is 12.7. The van der Waals surface area contributed by atoms with Crippen LogP contribution in [0.25, 0.3) is 11.0 Å². The molecule has 2 aromatic carbocycles. The predicted molar refractivity (Wildman–Crippen MR) is 103 cm³/mol. The van der Waals surface area contributed by atoms with Crippen LogP contribution in [-0.4, -0.2) is 28.5 Å². The first-order valence-electron chi connectivity index (χ1n) is 9.36. The Balaban J connectivity index is 1.54. The number of carbonyl (C=O) groups is 1. The highest BCUT2D eigenvalue weighted by atomic mass is 16.1. The Morgan fingerprint density at radius 2 is 1.88 bits per heavy atom. The lowest BCUT2D eigenvalue weighted by Crippen LogP contribution is -3.11. The van der Waals surface area contributed by atoms with Crippen LogP contribution in [0.2, 0.25) is 0 Å². The third-order valence-corrected chi connectivity index (χ3v) is 5.24. The second-order valence-corrected chi connectivity index (χ2v) is 7.10. The fourth-order valence-corrected chi connectivity index (χ4v) is 3.73. The summed E-state index contributed by atoms with van der Waals surface area (Å²) in [5.41, 5.74) is 3.48. The third kappa shape index (κ3) is 3.48. The van der Waals surface area contributed by atoms with E-state index in [0.717, 1.165) is 29.1 Å². The quantitative estimate of drug-likeness (QED) is 0.760. The third-order valence-electron chi connectivity index (χ3n) is 5.24. The molecule has 5 heteroatoms. The molecule has 134 valence electrons. The van der Waals surface area contributed by atoms with Gasteiger partial charge < -0.3 is 14.8 Å². The van der Waals surface area contributed by atoms with E-state index < -0.39 is 0 Å². The topological polar surface area (TPSA) is 51.4 Å². The van der Waals surface area contributed by atoms with Gasteiger partial charge in [0, 0.05) is 18.3 Å². The number of aromatic nitrogens is 2. The van der Waals surface area contributed by atoms with Crippen LogP contribution >= 0.6 is 0 Å². The maximum Gasteiger partial charge on any atom is 0.255 e. The highest BCUT2D eigenvalue weighted by Gasteiger charge is 2.18. The Morgan fingerprint density at radius 1 is 1.12 bits per heavy atom. The second-order valence-electron chi connectivity index (χ2n) is 7.10. The second kappa shape index (κ2) is 7.30. The first kappa shape index (κ1) is 16.8. The summed E-state index contributed by atoms with van der Waals surface area (Å²) in [5.74, 6) is 1.02. The van der Waals surface area contributed by atoms with Crippen molar-refractivity contribution in [2.45, 2.75) is 25.8 Å². The van der Waals surface area contributed by atoms with Gasteiger partial charge in [0.05, 0.1) is 24.1 Å². The van der Waals surface area contributed by atoms with E-state index in [1.165, 1.54) is 32.4 Å². The largest absolute Gasteiger partial charge is 0.329 e. The zero-order valence-electron chi connectivity index (χ0n) is 15.2. The molecule has 0 spiro atoms. The molecule has 0 saturated carbocycles. The SMILES string of the molecule is Cn1c(C[NH+]2CCCCC2)nc2cc(NC(=O)c3ccccc3)ccc21. The van der Waals surface area contributed by atoms with E-state index in [0.29, 0.717) is 5.56 Å². The number of imidazole rings is 1. The number of carbonyl (C=O) groups excluding carboxylic acids is 1. The van der Waals surface area contributed by atoms with Crippen LogP contribution in [0, 0.1) is 0 Å². The molecule has 5 nitrogen and oxygen atoms in total. The zero-order valence-corrected chi connectivity index (χ0v) is 15.2. The van der Waals surface area contributed by atoms with Gasteiger partial charge in [-0.3, -0.25) is 4.79 Å². The minimum absolute atomic E-state index is 0.0983. The first-order valence-corrected chi connectivity index (χ1v) is 9.36. The molecule has 1 saturated heterocycles. The summed E-state index contributed by atoms with van der Waals surface area (Å²) in [6.07, 6.45) is 3.99. The number of quaternary nitrogens is 1. The van der Waals surface area contributed by atoms with Gasteiger partial charge in [-0.15, -0.1) is 0 Å². The average molecular weight is 349 g/mol. The molecule has 1 aromatic heterocycles. The van der Waals surface area contributed by atoms with E-state index in [2.05, 4.69) is 16.9 Å². The van der Waals surface area contributed by atoms with Crippen molar-refractivity contribution < 1.29 is 9.69 Å². The lowest BCUT2D eigenvalue weighted by Gasteiger charge is -2.23. The number of fused-ring (bicyclic) bond motifs is 1. The molecule has 1 aliphatic rings. The molecule has 0 bridgehead atoms. The molecule has 0 radical (unpaired) electrons. The Labute approximate surface area is 153 Å². The normalized spacial score (nSPS) is 15.3. The number of benzene rings is 2. The van der Waals surface area contributed by atoms with Gasteiger partial charge in [-0.25, -0.2) is 4.98 Å². The van der Waals surface area contributed by atoms with Crippen LogP contribution in [0.1, 0.15) is 35.4 Å². The zero-order chi connectivity index (χ0) is 17.9. The summed E-state index contributed by atoms with van der Waals surface area (Å²) in [6.45, 7) is 3.44. The number of hydrogen-bond donors (Lipinski definition) is 2. The fraction of sp³-hybridized carbons (Fsp3) is 0.333. The molecule has 26 heavy (non-hydrogen) atoms. The highest BCUT2D eigenvalue weighted by Crippen LogP contribution is 2.20. The number of anilines is 1. The van der Waals surface area contributed by atoms with Crippen LogP contribution in [0.3, 0.4) is 0 Å². The van der Waals surface area contributed by atoms with Gasteiger partial charge in [0.25, 0.3) is 5.91 Å².